The summed E-state index contributed by atoms with van der Waals surface area (Å²) in [6, 6.07) is 10.6. The highest BCUT2D eigenvalue weighted by Crippen LogP contribution is 2.44. The molecule has 0 amide bonds. The molecule has 2 nitrogen and oxygen atoms in total. The van der Waals surface area contributed by atoms with E-state index in [0.29, 0.717) is 5.92 Å². The molecular weight excluding hydrogens is 271 g/mol. The monoisotopic (exact) mass is 300 g/mol. The third-order valence-electron chi connectivity index (χ3n) is 4.96. The van der Waals surface area contributed by atoms with Crippen LogP contribution in [0.15, 0.2) is 42.0 Å². The molecule has 120 valence electrons. The lowest BCUT2D eigenvalue weighted by molar-refractivity contribution is 0.00578. The Morgan fingerprint density at radius 2 is 1.50 bits per heavy atom. The normalized spacial score (nSPS) is 22.2. The largest absolute Gasteiger partial charge is 0.461 e. The first kappa shape index (κ1) is 17.3. The van der Waals surface area contributed by atoms with Crippen LogP contribution >= 0.6 is 0 Å². The number of allylic oxidation sites excluding steroid dienone is 2. The molecule has 1 aromatic rings. The highest BCUT2D eigenvalue weighted by molar-refractivity contribution is 6.47. The first-order chi connectivity index (χ1) is 10.1. The van der Waals surface area contributed by atoms with Gasteiger partial charge in [0, 0.05) is 11.7 Å². The van der Waals surface area contributed by atoms with E-state index in [1.807, 2.05) is 0 Å². The minimum Gasteiger partial charge on any atom is -0.403 e. The summed E-state index contributed by atoms with van der Waals surface area (Å²) in [5, 5.41) is 0. The predicted octanol–water partition coefficient (Wildman–Crippen LogP) is 5.22. The summed E-state index contributed by atoms with van der Waals surface area (Å²) >= 11 is 0. The van der Waals surface area contributed by atoms with Crippen LogP contribution in [0.4, 0.5) is 0 Å². The maximum absolute atomic E-state index is 6.26. The fourth-order valence-electron chi connectivity index (χ4n) is 2.86. The second-order valence-corrected chi connectivity index (χ2v) is 7.66. The summed E-state index contributed by atoms with van der Waals surface area (Å²) in [7, 11) is -0.189. The Hall–Kier alpha value is -1.06. The van der Waals surface area contributed by atoms with Crippen LogP contribution in [0.3, 0.4) is 0 Å². The molecule has 1 aromatic carbocycles. The van der Waals surface area contributed by atoms with E-state index in [0.717, 1.165) is 0 Å². The lowest BCUT2D eigenvalue weighted by atomic mass is 9.64. The molecule has 1 aliphatic rings. The van der Waals surface area contributed by atoms with Gasteiger partial charge in [0.1, 0.15) is 0 Å². The van der Waals surface area contributed by atoms with Gasteiger partial charge >= 0.3 is 7.12 Å². The number of rotatable bonds is 4. The van der Waals surface area contributed by atoms with Gasteiger partial charge in [0.2, 0.25) is 0 Å². The Kier molecular flexibility index (Phi) is 4.89. The van der Waals surface area contributed by atoms with E-state index < -0.39 is 0 Å². The molecule has 0 unspecified atom stereocenters. The Bertz CT molecular complexity index is 514. The van der Waals surface area contributed by atoms with Crippen molar-refractivity contribution in [2.75, 3.05) is 0 Å². The van der Waals surface area contributed by atoms with Crippen molar-refractivity contribution < 1.29 is 9.31 Å². The summed E-state index contributed by atoms with van der Waals surface area (Å²) in [4.78, 5) is 0. The van der Waals surface area contributed by atoms with Crippen LogP contribution in [0.2, 0.25) is 5.82 Å². The van der Waals surface area contributed by atoms with Crippen molar-refractivity contribution in [3.8, 4) is 0 Å². The smallest absolute Gasteiger partial charge is 0.403 e. The molecule has 0 saturated carbocycles. The molecule has 0 spiro atoms. The van der Waals surface area contributed by atoms with Crippen molar-refractivity contribution in [2.24, 2.45) is 0 Å². The third-order valence-corrected chi connectivity index (χ3v) is 4.96. The van der Waals surface area contributed by atoms with Crippen molar-refractivity contribution in [1.82, 2.24) is 0 Å². The minimum absolute atomic E-state index is 0.189. The second kappa shape index (κ2) is 6.21. The maximum atomic E-state index is 6.26. The van der Waals surface area contributed by atoms with Gasteiger partial charge in [0.25, 0.3) is 0 Å². The van der Waals surface area contributed by atoms with Gasteiger partial charge < -0.3 is 9.31 Å². The topological polar surface area (TPSA) is 18.5 Å². The standard InChI is InChI=1S/C19H29BO2/c1-14(2)13-17(16-11-9-8-10-12-16)15(3)20-21-18(4,5)19(6,7)22-20/h8-13,15,17H,1-7H3/t15-,17-/m1/s1. The molecular formula is C19H29BO2. The van der Waals surface area contributed by atoms with Crippen LogP contribution < -0.4 is 0 Å². The molecule has 1 fully saturated rings. The molecule has 0 bridgehead atoms. The Morgan fingerprint density at radius 1 is 1.00 bits per heavy atom. The highest BCUT2D eigenvalue weighted by atomic mass is 16.7. The van der Waals surface area contributed by atoms with Crippen molar-refractivity contribution in [3.63, 3.8) is 0 Å². The summed E-state index contributed by atoms with van der Waals surface area (Å²) in [6.45, 7) is 15.0. The van der Waals surface area contributed by atoms with Crippen LogP contribution in [0.25, 0.3) is 0 Å². The molecule has 0 radical (unpaired) electrons. The van der Waals surface area contributed by atoms with E-state index in [4.69, 9.17) is 9.31 Å². The number of hydrogen-bond donors (Lipinski definition) is 0. The summed E-state index contributed by atoms with van der Waals surface area (Å²) < 4.78 is 12.5. The molecule has 1 aliphatic heterocycles. The van der Waals surface area contributed by atoms with Crippen LogP contribution in [-0.4, -0.2) is 18.3 Å². The first-order valence-corrected chi connectivity index (χ1v) is 8.20. The van der Waals surface area contributed by atoms with Crippen LogP contribution in [0.5, 0.6) is 0 Å². The minimum atomic E-state index is -0.280. The number of benzene rings is 1. The molecule has 1 saturated heterocycles. The SMILES string of the molecule is CC(C)=C[C@@H](c1ccccc1)[C@@H](C)B1OC(C)(C)C(C)(C)O1. The fourth-order valence-corrected chi connectivity index (χ4v) is 2.86. The Morgan fingerprint density at radius 3 is 1.95 bits per heavy atom. The van der Waals surface area contributed by atoms with Crippen LogP contribution in [-0.2, 0) is 9.31 Å². The van der Waals surface area contributed by atoms with Crippen LogP contribution in [0, 0.1) is 0 Å². The Balaban J connectivity index is 2.28. The van der Waals surface area contributed by atoms with E-state index in [1.165, 1.54) is 11.1 Å². The van der Waals surface area contributed by atoms with E-state index in [9.17, 15) is 0 Å². The molecule has 1 heterocycles. The zero-order valence-electron chi connectivity index (χ0n) is 15.0. The summed E-state index contributed by atoms with van der Waals surface area (Å²) in [6.07, 6.45) is 2.32. The molecule has 22 heavy (non-hydrogen) atoms. The van der Waals surface area contributed by atoms with Gasteiger partial charge in [-0.1, -0.05) is 48.9 Å². The summed E-state index contributed by atoms with van der Waals surface area (Å²) in [5.41, 5.74) is 2.07. The molecule has 0 aromatic heterocycles. The van der Waals surface area contributed by atoms with E-state index in [-0.39, 0.29) is 24.1 Å². The van der Waals surface area contributed by atoms with Gasteiger partial charge in [-0.2, -0.15) is 0 Å². The highest BCUT2D eigenvalue weighted by Gasteiger charge is 2.53. The van der Waals surface area contributed by atoms with Gasteiger partial charge in [-0.3, -0.25) is 0 Å². The van der Waals surface area contributed by atoms with Crippen molar-refractivity contribution in [3.05, 3.63) is 47.5 Å². The van der Waals surface area contributed by atoms with Crippen molar-refractivity contribution >= 4 is 7.12 Å². The molecule has 2 atom stereocenters. The van der Waals surface area contributed by atoms with Crippen molar-refractivity contribution in [2.45, 2.75) is 71.4 Å². The lowest BCUT2D eigenvalue weighted by Gasteiger charge is -2.32. The Labute approximate surface area is 136 Å². The van der Waals surface area contributed by atoms with E-state index >= 15 is 0 Å². The number of hydrogen-bond acceptors (Lipinski definition) is 2. The van der Waals surface area contributed by atoms with Gasteiger partial charge in [-0.25, -0.2) is 0 Å². The zero-order valence-corrected chi connectivity index (χ0v) is 15.0. The predicted molar refractivity (Wildman–Crippen MR) is 94.1 cm³/mol. The van der Waals surface area contributed by atoms with Gasteiger partial charge in [0.05, 0.1) is 11.2 Å². The molecule has 0 aliphatic carbocycles. The molecule has 0 N–H and O–H groups in total. The lowest BCUT2D eigenvalue weighted by Crippen LogP contribution is -2.41. The van der Waals surface area contributed by atoms with E-state index in [2.05, 4.69) is 84.9 Å². The maximum Gasteiger partial charge on any atom is 0.461 e. The average Bonchev–Trinajstić information content (AvgIpc) is 2.65. The second-order valence-electron chi connectivity index (χ2n) is 7.66. The van der Waals surface area contributed by atoms with E-state index in [1.54, 1.807) is 0 Å². The third kappa shape index (κ3) is 3.47. The first-order valence-electron chi connectivity index (χ1n) is 8.20. The quantitative estimate of drug-likeness (QED) is 0.560. The van der Waals surface area contributed by atoms with Crippen molar-refractivity contribution in [1.29, 1.82) is 0 Å². The van der Waals surface area contributed by atoms with Crippen LogP contribution in [0.1, 0.15) is 59.9 Å². The van der Waals surface area contributed by atoms with Gasteiger partial charge in [-0.05, 0) is 47.1 Å². The average molecular weight is 300 g/mol. The van der Waals surface area contributed by atoms with Gasteiger partial charge in [0.15, 0.2) is 0 Å². The zero-order chi connectivity index (χ0) is 16.5. The fraction of sp³-hybridized carbons (Fsp3) is 0.579. The molecule has 3 heteroatoms. The van der Waals surface area contributed by atoms with Gasteiger partial charge in [-0.15, -0.1) is 0 Å². The summed E-state index contributed by atoms with van der Waals surface area (Å²) in [5.74, 6) is 0.541. The molecule has 2 rings (SSSR count).